The quantitative estimate of drug-likeness (QED) is 0.780. The number of thiazole rings is 1. The molecular weight excluding hydrogens is 314 g/mol. The Morgan fingerprint density at radius 3 is 3.17 bits per heavy atom. The first kappa shape index (κ1) is 14.3. The van der Waals surface area contributed by atoms with Crippen LogP contribution < -0.4 is 5.73 Å². The van der Waals surface area contributed by atoms with Crippen molar-refractivity contribution < 1.29 is 9.53 Å². The standard InChI is InChI=1S/C15H15N5O2S/c16-14(21)4-11-3-13-10(5-17-11)6-18-20(13)15-19-12(8-23-15)9-1-2-22-7-9/h3,5-6,8-9H,1-2,4,7H2,(H2,16,21). The van der Waals surface area contributed by atoms with Gasteiger partial charge in [-0.1, -0.05) is 0 Å². The van der Waals surface area contributed by atoms with Crippen molar-refractivity contribution in [3.05, 3.63) is 35.2 Å². The number of pyridine rings is 1. The number of primary amides is 1. The van der Waals surface area contributed by atoms with Crippen LogP contribution in [0.25, 0.3) is 16.0 Å². The first-order valence-corrected chi connectivity index (χ1v) is 8.23. The SMILES string of the molecule is NC(=O)Cc1cc2c(cn1)cnn2-c1nc(C2CCOC2)cs1. The maximum absolute atomic E-state index is 11.1. The zero-order chi connectivity index (χ0) is 15.8. The highest BCUT2D eigenvalue weighted by Crippen LogP contribution is 2.28. The number of amides is 1. The van der Waals surface area contributed by atoms with E-state index in [4.69, 9.17) is 15.5 Å². The van der Waals surface area contributed by atoms with E-state index in [0.717, 1.165) is 41.4 Å². The fourth-order valence-corrected chi connectivity index (χ4v) is 3.59. The van der Waals surface area contributed by atoms with E-state index in [9.17, 15) is 4.79 Å². The molecule has 2 N–H and O–H groups in total. The Kier molecular flexibility index (Phi) is 3.55. The molecule has 4 heterocycles. The normalized spacial score (nSPS) is 17.8. The van der Waals surface area contributed by atoms with Crippen molar-refractivity contribution in [1.29, 1.82) is 0 Å². The van der Waals surface area contributed by atoms with E-state index in [0.29, 0.717) is 11.6 Å². The Hall–Kier alpha value is -2.32. The van der Waals surface area contributed by atoms with Gasteiger partial charge in [0.1, 0.15) is 0 Å². The molecule has 1 unspecified atom stereocenters. The van der Waals surface area contributed by atoms with Crippen molar-refractivity contribution in [2.24, 2.45) is 5.73 Å². The molecule has 1 aliphatic heterocycles. The van der Waals surface area contributed by atoms with E-state index >= 15 is 0 Å². The number of carbonyl (C=O) groups is 1. The number of ether oxygens (including phenoxy) is 1. The number of nitrogens with zero attached hydrogens (tertiary/aromatic N) is 4. The lowest BCUT2D eigenvalue weighted by atomic mass is 10.1. The van der Waals surface area contributed by atoms with Gasteiger partial charge in [-0.15, -0.1) is 11.3 Å². The zero-order valence-electron chi connectivity index (χ0n) is 12.3. The highest BCUT2D eigenvalue weighted by Gasteiger charge is 2.21. The van der Waals surface area contributed by atoms with Crippen LogP contribution in [-0.4, -0.2) is 38.9 Å². The molecule has 0 bridgehead atoms. The fourth-order valence-electron chi connectivity index (χ4n) is 2.72. The van der Waals surface area contributed by atoms with Gasteiger partial charge in [0.15, 0.2) is 0 Å². The van der Waals surface area contributed by atoms with Crippen molar-refractivity contribution in [2.45, 2.75) is 18.8 Å². The van der Waals surface area contributed by atoms with E-state index in [1.165, 1.54) is 0 Å². The molecule has 3 aromatic rings. The van der Waals surface area contributed by atoms with E-state index in [2.05, 4.69) is 15.5 Å². The summed E-state index contributed by atoms with van der Waals surface area (Å²) in [4.78, 5) is 20.0. The fraction of sp³-hybridized carbons (Fsp3) is 0.333. The maximum atomic E-state index is 11.1. The maximum Gasteiger partial charge on any atom is 0.223 e. The minimum atomic E-state index is -0.402. The summed E-state index contributed by atoms with van der Waals surface area (Å²) < 4.78 is 7.21. The van der Waals surface area contributed by atoms with E-state index in [1.54, 1.807) is 28.4 Å². The molecule has 1 aliphatic rings. The predicted molar refractivity (Wildman–Crippen MR) is 85.6 cm³/mol. The van der Waals surface area contributed by atoms with E-state index in [-0.39, 0.29) is 6.42 Å². The largest absolute Gasteiger partial charge is 0.381 e. The van der Waals surface area contributed by atoms with Gasteiger partial charge in [0, 0.05) is 29.5 Å². The van der Waals surface area contributed by atoms with Crippen molar-refractivity contribution in [2.75, 3.05) is 13.2 Å². The average molecular weight is 329 g/mol. The Bertz CT molecular complexity index is 866. The molecule has 3 aromatic heterocycles. The molecule has 4 rings (SSSR count). The van der Waals surface area contributed by atoms with Crippen molar-refractivity contribution in [3.8, 4) is 5.13 Å². The minimum absolute atomic E-state index is 0.115. The summed E-state index contributed by atoms with van der Waals surface area (Å²) in [5, 5.41) is 8.17. The van der Waals surface area contributed by atoms with Gasteiger partial charge in [0.2, 0.25) is 11.0 Å². The monoisotopic (exact) mass is 329 g/mol. The van der Waals surface area contributed by atoms with Crippen LogP contribution in [0.2, 0.25) is 0 Å². The molecule has 0 radical (unpaired) electrons. The number of hydrogen-bond acceptors (Lipinski definition) is 6. The third-order valence-electron chi connectivity index (χ3n) is 3.90. The third-order valence-corrected chi connectivity index (χ3v) is 4.74. The summed E-state index contributed by atoms with van der Waals surface area (Å²) in [5.74, 6) is -0.0328. The van der Waals surface area contributed by atoms with Crippen LogP contribution in [0.5, 0.6) is 0 Å². The van der Waals surface area contributed by atoms with Gasteiger partial charge in [-0.25, -0.2) is 9.67 Å². The van der Waals surface area contributed by atoms with Crippen molar-refractivity contribution in [1.82, 2.24) is 19.7 Å². The molecule has 1 atom stereocenters. The summed E-state index contributed by atoms with van der Waals surface area (Å²) in [6, 6.07) is 1.84. The molecule has 1 fully saturated rings. The Morgan fingerprint density at radius 2 is 2.39 bits per heavy atom. The number of fused-ring (bicyclic) bond motifs is 1. The van der Waals surface area contributed by atoms with E-state index in [1.807, 2.05) is 6.07 Å². The Labute approximate surface area is 136 Å². The topological polar surface area (TPSA) is 95.9 Å². The van der Waals surface area contributed by atoms with Gasteiger partial charge in [0.05, 0.1) is 36.1 Å². The molecule has 0 spiro atoms. The summed E-state index contributed by atoms with van der Waals surface area (Å²) in [5.41, 5.74) is 7.80. The number of nitrogens with two attached hydrogens (primary N) is 1. The van der Waals surface area contributed by atoms with Gasteiger partial charge in [-0.3, -0.25) is 9.78 Å². The first-order valence-electron chi connectivity index (χ1n) is 7.35. The predicted octanol–water partition coefficient (Wildman–Crippen LogP) is 1.41. The number of aromatic nitrogens is 4. The molecule has 0 aromatic carbocycles. The number of hydrogen-bond donors (Lipinski definition) is 1. The van der Waals surface area contributed by atoms with Gasteiger partial charge in [-0.05, 0) is 12.5 Å². The van der Waals surface area contributed by atoms with E-state index < -0.39 is 5.91 Å². The molecule has 0 aliphatic carbocycles. The van der Waals surface area contributed by atoms with Crippen LogP contribution in [0.3, 0.4) is 0 Å². The summed E-state index contributed by atoms with van der Waals surface area (Å²) in [7, 11) is 0. The summed E-state index contributed by atoms with van der Waals surface area (Å²) in [6.07, 6.45) is 4.58. The smallest absolute Gasteiger partial charge is 0.223 e. The summed E-state index contributed by atoms with van der Waals surface area (Å²) in [6.45, 7) is 1.53. The molecule has 23 heavy (non-hydrogen) atoms. The zero-order valence-corrected chi connectivity index (χ0v) is 13.1. The van der Waals surface area contributed by atoms with Gasteiger partial charge in [0.25, 0.3) is 0 Å². The first-order chi connectivity index (χ1) is 11.2. The van der Waals surface area contributed by atoms with Crippen LogP contribution in [0.15, 0.2) is 23.8 Å². The van der Waals surface area contributed by atoms with Crippen LogP contribution in [-0.2, 0) is 16.0 Å². The summed E-state index contributed by atoms with van der Waals surface area (Å²) >= 11 is 1.55. The van der Waals surface area contributed by atoms with Crippen LogP contribution in [0.1, 0.15) is 23.7 Å². The molecular formula is C15H15N5O2S. The molecule has 8 heteroatoms. The molecule has 118 valence electrons. The lowest BCUT2D eigenvalue weighted by Crippen LogP contribution is -2.14. The lowest BCUT2D eigenvalue weighted by molar-refractivity contribution is -0.117. The van der Waals surface area contributed by atoms with Gasteiger partial charge < -0.3 is 10.5 Å². The highest BCUT2D eigenvalue weighted by atomic mass is 32.1. The molecule has 1 saturated heterocycles. The Balaban J connectivity index is 1.71. The second-order valence-electron chi connectivity index (χ2n) is 5.55. The Morgan fingerprint density at radius 1 is 1.48 bits per heavy atom. The van der Waals surface area contributed by atoms with Crippen LogP contribution in [0, 0.1) is 0 Å². The molecule has 1 amide bonds. The number of rotatable bonds is 4. The second-order valence-corrected chi connectivity index (χ2v) is 6.39. The van der Waals surface area contributed by atoms with Gasteiger partial charge in [-0.2, -0.15) is 5.10 Å². The lowest BCUT2D eigenvalue weighted by Gasteiger charge is -2.03. The highest BCUT2D eigenvalue weighted by molar-refractivity contribution is 7.12. The van der Waals surface area contributed by atoms with Crippen molar-refractivity contribution in [3.63, 3.8) is 0 Å². The van der Waals surface area contributed by atoms with Crippen LogP contribution >= 0.6 is 11.3 Å². The van der Waals surface area contributed by atoms with Gasteiger partial charge >= 0.3 is 0 Å². The van der Waals surface area contributed by atoms with Crippen molar-refractivity contribution >= 4 is 28.1 Å². The van der Waals surface area contributed by atoms with Crippen LogP contribution in [0.4, 0.5) is 0 Å². The molecule has 0 saturated carbocycles. The minimum Gasteiger partial charge on any atom is -0.381 e. The number of carbonyl (C=O) groups excluding carboxylic acids is 1. The molecule has 7 nitrogen and oxygen atoms in total. The average Bonchev–Trinajstić information content (AvgIpc) is 3.25. The second kappa shape index (κ2) is 5.71. The third kappa shape index (κ3) is 2.71.